The number of carbonyl (C=O) groups is 1. The third kappa shape index (κ3) is 6.55. The SMILES string of the molecule is CC(C)(C)NS(=O)(=O)c1ccc(CCC(=O)Nc2ccc(Br)cc2)cc1. The number of amides is 1. The largest absolute Gasteiger partial charge is 0.326 e. The van der Waals surface area contributed by atoms with Crippen molar-refractivity contribution in [1.82, 2.24) is 4.72 Å². The number of rotatable bonds is 6. The van der Waals surface area contributed by atoms with E-state index in [0.717, 1.165) is 15.7 Å². The van der Waals surface area contributed by atoms with E-state index in [2.05, 4.69) is 26.0 Å². The molecule has 0 fully saturated rings. The molecule has 2 rings (SSSR count). The predicted octanol–water partition coefficient (Wildman–Crippen LogP) is 4.10. The van der Waals surface area contributed by atoms with Crippen LogP contribution in [-0.2, 0) is 21.2 Å². The minimum Gasteiger partial charge on any atom is -0.326 e. The lowest BCUT2D eigenvalue weighted by Gasteiger charge is -2.20. The summed E-state index contributed by atoms with van der Waals surface area (Å²) in [4.78, 5) is 12.2. The maximum absolute atomic E-state index is 12.3. The van der Waals surface area contributed by atoms with Crippen LogP contribution < -0.4 is 10.0 Å². The molecule has 1 amide bonds. The fourth-order valence-corrected chi connectivity index (χ4v) is 3.99. The fraction of sp³-hybridized carbons (Fsp3) is 0.316. The number of anilines is 1. The van der Waals surface area contributed by atoms with Gasteiger partial charge >= 0.3 is 0 Å². The van der Waals surface area contributed by atoms with Crippen LogP contribution in [0.15, 0.2) is 57.9 Å². The number of nitrogens with one attached hydrogen (secondary N) is 2. The van der Waals surface area contributed by atoms with Gasteiger partial charge in [-0.2, -0.15) is 0 Å². The Bertz CT molecular complexity index is 855. The van der Waals surface area contributed by atoms with Gasteiger partial charge in [0.25, 0.3) is 0 Å². The zero-order valence-electron chi connectivity index (χ0n) is 15.0. The van der Waals surface area contributed by atoms with Crippen molar-refractivity contribution in [3.05, 3.63) is 58.6 Å². The Balaban J connectivity index is 1.92. The summed E-state index contributed by atoms with van der Waals surface area (Å²) in [6.45, 7) is 5.38. The molecule has 2 aromatic carbocycles. The monoisotopic (exact) mass is 438 g/mol. The summed E-state index contributed by atoms with van der Waals surface area (Å²) in [5, 5.41) is 2.84. The molecule has 0 radical (unpaired) electrons. The molecule has 2 N–H and O–H groups in total. The molecule has 0 unspecified atom stereocenters. The van der Waals surface area contributed by atoms with E-state index < -0.39 is 15.6 Å². The minimum absolute atomic E-state index is 0.0848. The number of benzene rings is 2. The Kier molecular flexibility index (Phi) is 6.60. The Labute approximate surface area is 163 Å². The van der Waals surface area contributed by atoms with Gasteiger partial charge in [0.15, 0.2) is 0 Å². The van der Waals surface area contributed by atoms with Crippen LogP contribution in [0.1, 0.15) is 32.8 Å². The maximum atomic E-state index is 12.3. The van der Waals surface area contributed by atoms with Crippen molar-refractivity contribution >= 4 is 37.5 Å². The lowest BCUT2D eigenvalue weighted by atomic mass is 10.1. The van der Waals surface area contributed by atoms with E-state index in [1.807, 2.05) is 24.3 Å². The molecule has 0 saturated carbocycles. The highest BCUT2D eigenvalue weighted by Gasteiger charge is 2.21. The first kappa shape index (κ1) is 20.6. The highest BCUT2D eigenvalue weighted by atomic mass is 79.9. The van der Waals surface area contributed by atoms with Crippen LogP contribution in [-0.4, -0.2) is 19.9 Å². The average Bonchev–Trinajstić information content (AvgIpc) is 2.53. The van der Waals surface area contributed by atoms with Crippen LogP contribution in [0.5, 0.6) is 0 Å². The van der Waals surface area contributed by atoms with Crippen LogP contribution >= 0.6 is 15.9 Å². The van der Waals surface area contributed by atoms with Crippen molar-refractivity contribution in [3.63, 3.8) is 0 Å². The molecule has 0 saturated heterocycles. The minimum atomic E-state index is -3.54. The van der Waals surface area contributed by atoms with Gasteiger partial charge < -0.3 is 5.32 Å². The van der Waals surface area contributed by atoms with Gasteiger partial charge in [-0.3, -0.25) is 4.79 Å². The summed E-state index contributed by atoms with van der Waals surface area (Å²) in [5.41, 5.74) is 1.11. The summed E-state index contributed by atoms with van der Waals surface area (Å²) in [7, 11) is -3.54. The summed E-state index contributed by atoms with van der Waals surface area (Å²) >= 11 is 3.35. The topological polar surface area (TPSA) is 75.3 Å². The van der Waals surface area contributed by atoms with Gasteiger partial charge in [0.05, 0.1) is 4.90 Å². The highest BCUT2D eigenvalue weighted by Crippen LogP contribution is 2.16. The molecule has 0 spiro atoms. The normalized spacial score (nSPS) is 12.0. The molecule has 7 heteroatoms. The highest BCUT2D eigenvalue weighted by molar-refractivity contribution is 9.10. The molecule has 0 heterocycles. The molecule has 0 aliphatic carbocycles. The van der Waals surface area contributed by atoms with Gasteiger partial charge in [-0.1, -0.05) is 28.1 Å². The van der Waals surface area contributed by atoms with E-state index in [4.69, 9.17) is 0 Å². The number of hydrogen-bond donors (Lipinski definition) is 2. The van der Waals surface area contributed by atoms with E-state index in [0.29, 0.717) is 12.8 Å². The first-order valence-electron chi connectivity index (χ1n) is 8.23. The van der Waals surface area contributed by atoms with Crippen molar-refractivity contribution in [1.29, 1.82) is 0 Å². The van der Waals surface area contributed by atoms with Crippen LogP contribution in [0.4, 0.5) is 5.69 Å². The van der Waals surface area contributed by atoms with Crippen LogP contribution in [0, 0.1) is 0 Å². The van der Waals surface area contributed by atoms with Gasteiger partial charge in [0.1, 0.15) is 0 Å². The molecule has 0 bridgehead atoms. The molecule has 0 atom stereocenters. The maximum Gasteiger partial charge on any atom is 0.241 e. The number of halogens is 1. The zero-order valence-corrected chi connectivity index (χ0v) is 17.4. The van der Waals surface area contributed by atoms with Gasteiger partial charge in [0.2, 0.25) is 15.9 Å². The molecule has 0 aromatic heterocycles. The summed E-state index contributed by atoms with van der Waals surface area (Å²) in [6, 6.07) is 14.0. The Morgan fingerprint density at radius 1 is 1.00 bits per heavy atom. The van der Waals surface area contributed by atoms with Gasteiger partial charge in [0, 0.05) is 22.1 Å². The zero-order chi connectivity index (χ0) is 19.4. The Morgan fingerprint density at radius 2 is 1.58 bits per heavy atom. The third-order valence-electron chi connectivity index (χ3n) is 3.44. The van der Waals surface area contributed by atoms with E-state index in [-0.39, 0.29) is 10.8 Å². The fourth-order valence-electron chi connectivity index (χ4n) is 2.31. The van der Waals surface area contributed by atoms with Crippen molar-refractivity contribution < 1.29 is 13.2 Å². The first-order chi connectivity index (χ1) is 12.0. The average molecular weight is 439 g/mol. The van der Waals surface area contributed by atoms with E-state index in [1.54, 1.807) is 45.0 Å². The lowest BCUT2D eigenvalue weighted by Crippen LogP contribution is -2.40. The van der Waals surface area contributed by atoms with Crippen LogP contribution in [0.2, 0.25) is 0 Å². The Hall–Kier alpha value is -1.70. The van der Waals surface area contributed by atoms with Crippen LogP contribution in [0.25, 0.3) is 0 Å². The Morgan fingerprint density at radius 3 is 2.12 bits per heavy atom. The van der Waals surface area contributed by atoms with Gasteiger partial charge in [-0.25, -0.2) is 13.1 Å². The molecular weight excluding hydrogens is 416 g/mol. The van der Waals surface area contributed by atoms with Crippen molar-refractivity contribution in [2.45, 2.75) is 44.0 Å². The van der Waals surface area contributed by atoms with Crippen molar-refractivity contribution in [2.75, 3.05) is 5.32 Å². The molecule has 0 aliphatic heterocycles. The van der Waals surface area contributed by atoms with Crippen LogP contribution in [0.3, 0.4) is 0 Å². The van der Waals surface area contributed by atoms with Crippen molar-refractivity contribution in [3.8, 4) is 0 Å². The predicted molar refractivity (Wildman–Crippen MR) is 108 cm³/mol. The third-order valence-corrected chi connectivity index (χ3v) is 5.75. The number of carbonyl (C=O) groups excluding carboxylic acids is 1. The first-order valence-corrected chi connectivity index (χ1v) is 10.5. The van der Waals surface area contributed by atoms with E-state index in [9.17, 15) is 13.2 Å². The van der Waals surface area contributed by atoms with E-state index in [1.165, 1.54) is 0 Å². The molecular formula is C19H23BrN2O3S. The summed E-state index contributed by atoms with van der Waals surface area (Å²) in [5.74, 6) is -0.0848. The summed E-state index contributed by atoms with van der Waals surface area (Å²) in [6.07, 6.45) is 0.859. The second-order valence-corrected chi connectivity index (χ2v) is 9.65. The quantitative estimate of drug-likeness (QED) is 0.712. The van der Waals surface area contributed by atoms with Gasteiger partial charge in [-0.15, -0.1) is 0 Å². The van der Waals surface area contributed by atoms with Crippen molar-refractivity contribution in [2.24, 2.45) is 0 Å². The molecule has 140 valence electrons. The molecule has 0 aliphatic rings. The smallest absolute Gasteiger partial charge is 0.241 e. The lowest BCUT2D eigenvalue weighted by molar-refractivity contribution is -0.116. The molecule has 5 nitrogen and oxygen atoms in total. The second kappa shape index (κ2) is 8.33. The number of sulfonamides is 1. The van der Waals surface area contributed by atoms with Gasteiger partial charge in [-0.05, 0) is 69.2 Å². The number of hydrogen-bond acceptors (Lipinski definition) is 3. The molecule has 2 aromatic rings. The number of aryl methyl sites for hydroxylation is 1. The molecule has 26 heavy (non-hydrogen) atoms. The standard InChI is InChI=1S/C19H23BrN2O3S/c1-19(2,3)22-26(24,25)17-11-4-14(5-12-17)6-13-18(23)21-16-9-7-15(20)8-10-16/h4-5,7-12,22H,6,13H2,1-3H3,(H,21,23). The second-order valence-electron chi connectivity index (χ2n) is 7.05. The summed E-state index contributed by atoms with van der Waals surface area (Å²) < 4.78 is 28.1. The van der Waals surface area contributed by atoms with E-state index >= 15 is 0 Å².